The lowest BCUT2D eigenvalue weighted by atomic mass is 9.92. The molecule has 0 aromatic carbocycles. The Morgan fingerprint density at radius 2 is 1.72 bits per heavy atom. The highest BCUT2D eigenvalue weighted by Gasteiger charge is 2.48. The number of nitrogens with one attached hydrogen (secondary N) is 3. The van der Waals surface area contributed by atoms with Crippen molar-refractivity contribution >= 4 is 23.3 Å². The minimum absolute atomic E-state index is 0.0199. The molecular weight excluding hydrogens is 386 g/mol. The first-order valence-electron chi connectivity index (χ1n) is 10.8. The quantitative estimate of drug-likeness (QED) is 0.643. The van der Waals surface area contributed by atoms with Gasteiger partial charge in [0.1, 0.15) is 12.2 Å². The van der Waals surface area contributed by atoms with E-state index in [2.05, 4.69) is 46.7 Å². The molecule has 7 nitrogen and oxygen atoms in total. The van der Waals surface area contributed by atoms with Crippen LogP contribution >= 0.6 is 12.2 Å². The average Bonchev–Trinajstić information content (AvgIpc) is 3.26. The van der Waals surface area contributed by atoms with Gasteiger partial charge in [-0.05, 0) is 31.1 Å². The van der Waals surface area contributed by atoms with Gasteiger partial charge in [-0.1, -0.05) is 40.0 Å². The average molecular weight is 420 g/mol. The number of thiocarbonyl (C=S) groups is 1. The summed E-state index contributed by atoms with van der Waals surface area (Å²) in [5, 5.41) is 11.0. The van der Waals surface area contributed by atoms with E-state index in [4.69, 9.17) is 21.7 Å². The second kappa shape index (κ2) is 8.70. The van der Waals surface area contributed by atoms with Crippen LogP contribution in [-0.4, -0.2) is 58.6 Å². The summed E-state index contributed by atoms with van der Waals surface area (Å²) in [6.45, 7) is 7.60. The van der Waals surface area contributed by atoms with Crippen LogP contribution in [0.2, 0.25) is 0 Å². The van der Waals surface area contributed by atoms with Gasteiger partial charge in [0.05, 0.1) is 31.0 Å². The zero-order chi connectivity index (χ0) is 20.4. The van der Waals surface area contributed by atoms with Crippen LogP contribution in [0.25, 0.3) is 0 Å². The Bertz CT molecular complexity index is 719. The molecule has 3 aliphatic rings. The molecule has 3 heterocycles. The molecule has 1 aromatic heterocycles. The van der Waals surface area contributed by atoms with E-state index >= 15 is 0 Å². The van der Waals surface area contributed by atoms with Crippen LogP contribution in [0, 0.1) is 0 Å². The normalized spacial score (nSPS) is 30.0. The lowest BCUT2D eigenvalue weighted by molar-refractivity contribution is 0.0688. The number of nitrogens with zero attached hydrogens (tertiary/aromatic N) is 2. The highest BCUT2D eigenvalue weighted by molar-refractivity contribution is 7.80. The molecule has 0 bridgehead atoms. The molecule has 3 N–H and O–H groups in total. The summed E-state index contributed by atoms with van der Waals surface area (Å²) in [7, 11) is 0. The SMILES string of the molecule is CC(C)(C)c1ccnc(N[C@H]2CO[C@H]3[C@@H]2OC[C@@H]3NC(=S)NC2CCCCC2)n1. The summed E-state index contributed by atoms with van der Waals surface area (Å²) in [5.74, 6) is 0.626. The van der Waals surface area contributed by atoms with Gasteiger partial charge in [0.2, 0.25) is 5.95 Å². The Morgan fingerprint density at radius 3 is 2.45 bits per heavy atom. The van der Waals surface area contributed by atoms with Gasteiger partial charge in [-0.25, -0.2) is 9.97 Å². The molecule has 0 amide bonds. The van der Waals surface area contributed by atoms with E-state index in [1.54, 1.807) is 6.20 Å². The van der Waals surface area contributed by atoms with Gasteiger partial charge in [0.15, 0.2) is 5.11 Å². The Hall–Kier alpha value is -1.51. The Morgan fingerprint density at radius 1 is 1.03 bits per heavy atom. The molecule has 4 atom stereocenters. The lowest BCUT2D eigenvalue weighted by Gasteiger charge is -2.26. The molecule has 0 unspecified atom stereocenters. The number of hydrogen-bond donors (Lipinski definition) is 3. The van der Waals surface area contributed by atoms with Crippen molar-refractivity contribution in [2.75, 3.05) is 18.5 Å². The first-order valence-corrected chi connectivity index (χ1v) is 11.2. The van der Waals surface area contributed by atoms with Crippen LogP contribution < -0.4 is 16.0 Å². The van der Waals surface area contributed by atoms with Crippen molar-refractivity contribution in [3.63, 3.8) is 0 Å². The Kier molecular flexibility index (Phi) is 6.22. The fraction of sp³-hybridized carbons (Fsp3) is 0.762. The fourth-order valence-corrected chi connectivity index (χ4v) is 4.72. The minimum atomic E-state index is -0.0353. The van der Waals surface area contributed by atoms with Crippen LogP contribution in [0.15, 0.2) is 12.3 Å². The third-order valence-corrected chi connectivity index (χ3v) is 6.28. The van der Waals surface area contributed by atoms with Crippen LogP contribution in [0.1, 0.15) is 58.6 Å². The summed E-state index contributed by atoms with van der Waals surface area (Å²) in [5.41, 5.74) is 0.991. The molecule has 1 aliphatic carbocycles. The van der Waals surface area contributed by atoms with Gasteiger partial charge in [-0.15, -0.1) is 0 Å². The van der Waals surface area contributed by atoms with Crippen molar-refractivity contribution < 1.29 is 9.47 Å². The Labute approximate surface area is 178 Å². The van der Waals surface area contributed by atoms with Gasteiger partial charge in [0, 0.05) is 17.7 Å². The van der Waals surface area contributed by atoms with Crippen molar-refractivity contribution in [3.05, 3.63) is 18.0 Å². The zero-order valence-corrected chi connectivity index (χ0v) is 18.4. The Balaban J connectivity index is 1.31. The third-order valence-electron chi connectivity index (χ3n) is 6.05. The monoisotopic (exact) mass is 419 g/mol. The first kappa shape index (κ1) is 20.8. The fourth-order valence-electron chi connectivity index (χ4n) is 4.40. The predicted molar refractivity (Wildman–Crippen MR) is 117 cm³/mol. The van der Waals surface area contributed by atoms with E-state index in [9.17, 15) is 0 Å². The zero-order valence-electron chi connectivity index (χ0n) is 17.6. The molecule has 2 aliphatic heterocycles. The van der Waals surface area contributed by atoms with Crippen LogP contribution in [-0.2, 0) is 14.9 Å². The topological polar surface area (TPSA) is 80.3 Å². The molecular formula is C21H33N5O2S. The molecule has 4 rings (SSSR count). The molecule has 160 valence electrons. The summed E-state index contributed by atoms with van der Waals surface area (Å²) in [6, 6.07) is 2.55. The highest BCUT2D eigenvalue weighted by atomic mass is 32.1. The van der Waals surface area contributed by atoms with Crippen LogP contribution in [0.4, 0.5) is 5.95 Å². The molecule has 3 fully saturated rings. The highest BCUT2D eigenvalue weighted by Crippen LogP contribution is 2.29. The van der Waals surface area contributed by atoms with Crippen molar-refractivity contribution in [1.82, 2.24) is 20.6 Å². The van der Waals surface area contributed by atoms with E-state index < -0.39 is 0 Å². The molecule has 2 saturated heterocycles. The van der Waals surface area contributed by atoms with Crippen molar-refractivity contribution in [1.29, 1.82) is 0 Å². The van der Waals surface area contributed by atoms with Gasteiger partial charge in [-0.3, -0.25) is 0 Å². The lowest BCUT2D eigenvalue weighted by Crippen LogP contribution is -2.51. The number of hydrogen-bond acceptors (Lipinski definition) is 6. The maximum Gasteiger partial charge on any atom is 0.223 e. The number of rotatable bonds is 4. The second-order valence-corrected chi connectivity index (χ2v) is 9.83. The summed E-state index contributed by atoms with van der Waals surface area (Å²) < 4.78 is 12.1. The van der Waals surface area contributed by atoms with Gasteiger partial charge >= 0.3 is 0 Å². The van der Waals surface area contributed by atoms with Crippen LogP contribution in [0.3, 0.4) is 0 Å². The molecule has 29 heavy (non-hydrogen) atoms. The molecule has 8 heteroatoms. The van der Waals surface area contributed by atoms with E-state index in [-0.39, 0.29) is 29.7 Å². The summed E-state index contributed by atoms with van der Waals surface area (Å²) in [4.78, 5) is 9.06. The van der Waals surface area contributed by atoms with Gasteiger partial charge in [0.25, 0.3) is 0 Å². The molecule has 0 radical (unpaired) electrons. The van der Waals surface area contributed by atoms with E-state index in [1.165, 1.54) is 32.1 Å². The molecule has 1 aromatic rings. The summed E-state index contributed by atoms with van der Waals surface area (Å²) in [6.07, 6.45) is 8.05. The van der Waals surface area contributed by atoms with Crippen molar-refractivity contribution in [2.24, 2.45) is 0 Å². The summed E-state index contributed by atoms with van der Waals surface area (Å²) >= 11 is 5.55. The van der Waals surface area contributed by atoms with E-state index in [1.807, 2.05) is 6.07 Å². The van der Waals surface area contributed by atoms with Crippen molar-refractivity contribution in [2.45, 2.75) is 88.6 Å². The van der Waals surface area contributed by atoms with Gasteiger partial charge < -0.3 is 25.4 Å². The standard InChI is InChI=1S/C21H33N5O2S/c1-21(2,3)16-9-10-22-19(26-16)24-14-11-27-18-15(12-28-17(14)18)25-20(29)23-13-7-5-4-6-8-13/h9-10,13-15,17-18H,4-8,11-12H2,1-3H3,(H,22,24,26)(H2,23,25,29)/t14-,15-,17+,18+/m0/s1. The number of anilines is 1. The van der Waals surface area contributed by atoms with Crippen molar-refractivity contribution in [3.8, 4) is 0 Å². The van der Waals surface area contributed by atoms with Gasteiger partial charge in [-0.2, -0.15) is 0 Å². The smallest absolute Gasteiger partial charge is 0.223 e. The number of ether oxygens (including phenoxy) is 2. The number of aromatic nitrogens is 2. The second-order valence-electron chi connectivity index (χ2n) is 9.42. The first-order chi connectivity index (χ1) is 13.9. The maximum atomic E-state index is 6.07. The molecule has 0 spiro atoms. The maximum absolute atomic E-state index is 6.07. The largest absolute Gasteiger partial charge is 0.371 e. The molecule has 1 saturated carbocycles. The minimum Gasteiger partial charge on any atom is -0.371 e. The number of fused-ring (bicyclic) bond motifs is 1. The predicted octanol–water partition coefficient (Wildman–Crippen LogP) is 2.52. The van der Waals surface area contributed by atoms with E-state index in [0.29, 0.717) is 30.3 Å². The van der Waals surface area contributed by atoms with Crippen LogP contribution in [0.5, 0.6) is 0 Å². The van der Waals surface area contributed by atoms with E-state index in [0.717, 1.165) is 5.69 Å². The third kappa shape index (κ3) is 4.98.